The van der Waals surface area contributed by atoms with Gasteiger partial charge in [-0.2, -0.15) is 13.2 Å². The molecule has 0 bridgehead atoms. The second kappa shape index (κ2) is 4.05. The Balaban J connectivity index is 3.80. The third-order valence-corrected chi connectivity index (χ3v) is 3.52. The molecular weight excluding hydrogens is 224 g/mol. The van der Waals surface area contributed by atoms with Crippen molar-refractivity contribution in [2.24, 2.45) is 0 Å². The Morgan fingerprint density at radius 2 is 2.00 bits per heavy atom. The zero-order valence-electron chi connectivity index (χ0n) is 5.14. The number of halogens is 4. The first-order valence-corrected chi connectivity index (χ1v) is 5.75. The van der Waals surface area contributed by atoms with Crippen LogP contribution in [0.1, 0.15) is 0 Å². The normalized spacial score (nSPS) is 17.9. The highest BCUT2D eigenvalue weighted by Crippen LogP contribution is 2.44. The monoisotopic (exact) mass is 228 g/mol. The molecule has 0 aromatic carbocycles. The molecule has 11 heavy (non-hydrogen) atoms. The predicted molar refractivity (Wildman–Crippen MR) is 39.2 cm³/mol. The first-order chi connectivity index (χ1) is 4.77. The highest BCUT2D eigenvalue weighted by molar-refractivity contribution is 8.10. The lowest BCUT2D eigenvalue weighted by molar-refractivity contribution is -0.153. The van der Waals surface area contributed by atoms with E-state index in [4.69, 9.17) is 16.5 Å². The molecule has 0 aliphatic heterocycles. The van der Waals surface area contributed by atoms with E-state index < -0.39 is 24.9 Å². The fourth-order valence-corrected chi connectivity index (χ4v) is 0.991. The van der Waals surface area contributed by atoms with E-state index in [1.165, 1.54) is 0 Å². The van der Waals surface area contributed by atoms with Crippen molar-refractivity contribution >= 4 is 29.9 Å². The van der Waals surface area contributed by atoms with Gasteiger partial charge in [-0.05, 0) is 11.8 Å². The minimum Gasteiger partial charge on any atom is -0.344 e. The first kappa shape index (κ1) is 11.6. The van der Waals surface area contributed by atoms with Crippen LogP contribution in [0.15, 0.2) is 0 Å². The summed E-state index contributed by atoms with van der Waals surface area (Å²) in [6.07, 6.45) is -4.47. The molecule has 8 heteroatoms. The van der Waals surface area contributed by atoms with Crippen molar-refractivity contribution in [1.29, 1.82) is 0 Å². The third kappa shape index (κ3) is 7.03. The zero-order chi connectivity index (χ0) is 9.12. The number of hydrogen-bond donors (Lipinski definition) is 1. The third-order valence-electron chi connectivity index (χ3n) is 0.581. The standard InChI is InChI=1S/C3H5ClF3O2PS/c4-2-10(8,11)9-1-3(5,6)7/h1-2H2,(H,8,11). The molecule has 1 atom stereocenters. The summed E-state index contributed by atoms with van der Waals surface area (Å²) in [6, 6.07) is 0. The lowest BCUT2D eigenvalue weighted by Gasteiger charge is -2.13. The molecule has 0 aromatic heterocycles. The predicted octanol–water partition coefficient (Wildman–Crippen LogP) is 2.06. The molecule has 0 aliphatic carbocycles. The Morgan fingerprint density at radius 3 is 2.27 bits per heavy atom. The van der Waals surface area contributed by atoms with Crippen LogP contribution in [0.5, 0.6) is 0 Å². The van der Waals surface area contributed by atoms with Crippen LogP contribution in [0, 0.1) is 0 Å². The molecule has 68 valence electrons. The van der Waals surface area contributed by atoms with Gasteiger partial charge < -0.3 is 9.42 Å². The van der Waals surface area contributed by atoms with Crippen LogP contribution in [0.2, 0.25) is 0 Å². The minimum atomic E-state index is -4.47. The summed E-state index contributed by atoms with van der Waals surface area (Å²) >= 11 is 9.25. The molecule has 0 heterocycles. The van der Waals surface area contributed by atoms with Gasteiger partial charge in [-0.3, -0.25) is 0 Å². The lowest BCUT2D eigenvalue weighted by Crippen LogP contribution is -2.15. The smallest absolute Gasteiger partial charge is 0.344 e. The summed E-state index contributed by atoms with van der Waals surface area (Å²) in [6.45, 7) is -4.94. The molecule has 0 aromatic rings. The summed E-state index contributed by atoms with van der Waals surface area (Å²) in [7, 11) is 0. The molecular formula is C3H5ClF3O2PS. The zero-order valence-corrected chi connectivity index (χ0v) is 7.60. The van der Waals surface area contributed by atoms with E-state index in [0.717, 1.165) is 0 Å². The van der Waals surface area contributed by atoms with Crippen molar-refractivity contribution in [3.05, 3.63) is 0 Å². The van der Waals surface area contributed by atoms with Crippen molar-refractivity contribution in [2.75, 3.05) is 12.2 Å². The topological polar surface area (TPSA) is 29.5 Å². The van der Waals surface area contributed by atoms with Gasteiger partial charge in [-0.1, -0.05) is 0 Å². The Kier molecular flexibility index (Phi) is 4.29. The van der Waals surface area contributed by atoms with E-state index in [1.54, 1.807) is 0 Å². The summed E-state index contributed by atoms with van der Waals surface area (Å²) in [5, 5.41) is 0. The highest BCUT2D eigenvalue weighted by atomic mass is 35.5. The van der Waals surface area contributed by atoms with E-state index in [9.17, 15) is 13.2 Å². The minimum absolute atomic E-state index is 0.474. The Bertz CT molecular complexity index is 172. The summed E-state index contributed by atoms with van der Waals surface area (Å²) in [5.41, 5.74) is -0.474. The van der Waals surface area contributed by atoms with E-state index in [1.807, 2.05) is 0 Å². The fraction of sp³-hybridized carbons (Fsp3) is 1.00. The van der Waals surface area contributed by atoms with Gasteiger partial charge in [0.2, 0.25) is 6.49 Å². The van der Waals surface area contributed by atoms with Gasteiger partial charge in [0, 0.05) is 0 Å². The maximum absolute atomic E-state index is 11.4. The van der Waals surface area contributed by atoms with Gasteiger partial charge in [0.25, 0.3) is 0 Å². The average molecular weight is 229 g/mol. The molecule has 0 saturated heterocycles. The average Bonchev–Trinajstić information content (AvgIpc) is 1.83. The summed E-state index contributed by atoms with van der Waals surface area (Å²) in [5.74, 6) is 0. The van der Waals surface area contributed by atoms with Crippen LogP contribution < -0.4 is 0 Å². The van der Waals surface area contributed by atoms with Crippen LogP contribution in [0.3, 0.4) is 0 Å². The van der Waals surface area contributed by atoms with Crippen molar-refractivity contribution < 1.29 is 22.6 Å². The van der Waals surface area contributed by atoms with Crippen LogP contribution in [-0.2, 0) is 16.3 Å². The Morgan fingerprint density at radius 1 is 1.55 bits per heavy atom. The summed E-state index contributed by atoms with van der Waals surface area (Å²) in [4.78, 5) is 8.76. The molecule has 0 fully saturated rings. The number of alkyl halides is 4. The highest BCUT2D eigenvalue weighted by Gasteiger charge is 2.30. The number of hydrogen-bond acceptors (Lipinski definition) is 2. The molecule has 0 amide bonds. The molecule has 0 radical (unpaired) electrons. The second-order valence-corrected chi connectivity index (χ2v) is 5.85. The number of rotatable bonds is 3. The maximum Gasteiger partial charge on any atom is 0.412 e. The van der Waals surface area contributed by atoms with Crippen molar-refractivity contribution in [2.45, 2.75) is 6.18 Å². The van der Waals surface area contributed by atoms with Gasteiger partial charge in [0.05, 0.1) is 5.62 Å². The van der Waals surface area contributed by atoms with E-state index in [0.29, 0.717) is 0 Å². The van der Waals surface area contributed by atoms with E-state index in [-0.39, 0.29) is 0 Å². The molecule has 2 nitrogen and oxygen atoms in total. The van der Waals surface area contributed by atoms with Gasteiger partial charge in [0.15, 0.2) is 0 Å². The quantitative estimate of drug-likeness (QED) is 0.592. The SMILES string of the molecule is OP(=S)(CCl)OCC(F)(F)F. The molecule has 1 unspecified atom stereocenters. The second-order valence-electron chi connectivity index (χ2n) is 1.65. The molecule has 0 rings (SSSR count). The van der Waals surface area contributed by atoms with Crippen LogP contribution in [0.4, 0.5) is 13.2 Å². The van der Waals surface area contributed by atoms with Crippen molar-refractivity contribution in [3.63, 3.8) is 0 Å². The van der Waals surface area contributed by atoms with Gasteiger partial charge in [0.1, 0.15) is 6.61 Å². The Hall–Kier alpha value is 0.650. The van der Waals surface area contributed by atoms with E-state index >= 15 is 0 Å². The Labute approximate surface area is 71.5 Å². The fourth-order valence-electron chi connectivity index (χ4n) is 0.209. The van der Waals surface area contributed by atoms with Crippen LogP contribution in [0.25, 0.3) is 0 Å². The maximum atomic E-state index is 11.4. The van der Waals surface area contributed by atoms with Gasteiger partial charge in [-0.25, -0.2) is 0 Å². The van der Waals surface area contributed by atoms with Crippen molar-refractivity contribution in [1.82, 2.24) is 0 Å². The lowest BCUT2D eigenvalue weighted by atomic mass is 10.7. The van der Waals surface area contributed by atoms with Crippen molar-refractivity contribution in [3.8, 4) is 0 Å². The van der Waals surface area contributed by atoms with Gasteiger partial charge in [-0.15, -0.1) is 11.6 Å². The van der Waals surface area contributed by atoms with Gasteiger partial charge >= 0.3 is 6.18 Å². The van der Waals surface area contributed by atoms with E-state index in [2.05, 4.69) is 16.3 Å². The van der Waals surface area contributed by atoms with Crippen LogP contribution in [-0.4, -0.2) is 23.3 Å². The molecule has 0 aliphatic rings. The molecule has 0 saturated carbocycles. The summed E-state index contributed by atoms with van der Waals surface area (Å²) < 4.78 is 38.2. The largest absolute Gasteiger partial charge is 0.412 e. The van der Waals surface area contributed by atoms with Crippen LogP contribution >= 0.6 is 18.1 Å². The molecule has 1 N–H and O–H groups in total. The molecule has 0 spiro atoms. The first-order valence-electron chi connectivity index (χ1n) is 2.36.